The fourth-order valence-corrected chi connectivity index (χ4v) is 1.85. The van der Waals surface area contributed by atoms with Crippen molar-refractivity contribution in [2.45, 2.75) is 32.6 Å². The summed E-state index contributed by atoms with van der Waals surface area (Å²) in [5.41, 5.74) is 1.98. The van der Waals surface area contributed by atoms with Crippen LogP contribution in [0.25, 0.3) is 5.69 Å². The Morgan fingerprint density at radius 3 is 2.90 bits per heavy atom. The number of hydrogen-bond donors (Lipinski definition) is 1. The van der Waals surface area contributed by atoms with Crippen molar-refractivity contribution in [3.63, 3.8) is 0 Å². The number of benzene rings is 1. The topological polar surface area (TPSA) is 68.0 Å². The number of carbonyl (C=O) groups is 1. The lowest BCUT2D eigenvalue weighted by molar-refractivity contribution is -0.137. The molecule has 0 bridgehead atoms. The number of carboxylic acids is 1. The number of carboxylic acid groups (broad SMARTS) is 1. The van der Waals surface area contributed by atoms with E-state index in [1.807, 2.05) is 0 Å². The molecule has 1 heterocycles. The molecular weight excluding hydrogens is 261 g/mol. The Hall–Kier alpha value is -2.24. The van der Waals surface area contributed by atoms with Crippen LogP contribution in [-0.2, 0) is 11.2 Å². The number of aromatic nitrogens is 3. The quantitative estimate of drug-likeness (QED) is 0.824. The van der Waals surface area contributed by atoms with Gasteiger partial charge in [0, 0.05) is 6.42 Å². The molecule has 5 nitrogen and oxygen atoms in total. The third-order valence-corrected chi connectivity index (χ3v) is 3.03. The van der Waals surface area contributed by atoms with E-state index in [1.165, 1.54) is 10.7 Å². The molecule has 2 aromatic rings. The second-order valence-corrected chi connectivity index (χ2v) is 4.69. The highest BCUT2D eigenvalue weighted by molar-refractivity contribution is 5.66. The molecule has 0 atom stereocenters. The van der Waals surface area contributed by atoms with E-state index < -0.39 is 5.97 Å². The van der Waals surface area contributed by atoms with E-state index in [0.29, 0.717) is 24.1 Å². The first-order valence-electron chi connectivity index (χ1n) is 6.46. The summed E-state index contributed by atoms with van der Waals surface area (Å²) < 4.78 is 15.0. The minimum absolute atomic E-state index is 0.164. The van der Waals surface area contributed by atoms with Crippen LogP contribution in [0.15, 0.2) is 24.4 Å². The molecule has 6 heteroatoms. The average Bonchev–Trinajstić information content (AvgIpc) is 2.86. The van der Waals surface area contributed by atoms with Gasteiger partial charge in [-0.3, -0.25) is 4.79 Å². The number of aryl methyl sites for hydroxylation is 2. The van der Waals surface area contributed by atoms with E-state index in [0.717, 1.165) is 12.1 Å². The Morgan fingerprint density at radius 1 is 1.40 bits per heavy atom. The summed E-state index contributed by atoms with van der Waals surface area (Å²) in [4.78, 5) is 10.4. The summed E-state index contributed by atoms with van der Waals surface area (Å²) in [7, 11) is 0. The fourth-order valence-electron chi connectivity index (χ4n) is 1.85. The number of halogens is 1. The van der Waals surface area contributed by atoms with Gasteiger partial charge in [-0.05, 0) is 43.9 Å². The van der Waals surface area contributed by atoms with Gasteiger partial charge in [0.25, 0.3) is 0 Å². The van der Waals surface area contributed by atoms with Gasteiger partial charge in [-0.2, -0.15) is 0 Å². The van der Waals surface area contributed by atoms with E-state index in [-0.39, 0.29) is 12.2 Å². The minimum atomic E-state index is -0.788. The van der Waals surface area contributed by atoms with Crippen molar-refractivity contribution in [1.29, 1.82) is 0 Å². The lowest BCUT2D eigenvalue weighted by Crippen LogP contribution is -1.96. The van der Waals surface area contributed by atoms with E-state index >= 15 is 0 Å². The van der Waals surface area contributed by atoms with Gasteiger partial charge in [-0.25, -0.2) is 9.07 Å². The number of aliphatic carboxylic acids is 1. The van der Waals surface area contributed by atoms with Crippen LogP contribution in [0.4, 0.5) is 4.39 Å². The zero-order valence-corrected chi connectivity index (χ0v) is 11.2. The summed E-state index contributed by atoms with van der Waals surface area (Å²) in [6, 6.07) is 4.89. The van der Waals surface area contributed by atoms with Crippen LogP contribution in [0.3, 0.4) is 0 Å². The van der Waals surface area contributed by atoms with Crippen LogP contribution in [0.5, 0.6) is 0 Å². The van der Waals surface area contributed by atoms with Gasteiger partial charge in [0.2, 0.25) is 0 Å². The van der Waals surface area contributed by atoms with Crippen molar-refractivity contribution in [3.8, 4) is 5.69 Å². The van der Waals surface area contributed by atoms with Gasteiger partial charge in [0.15, 0.2) is 0 Å². The predicted molar refractivity (Wildman–Crippen MR) is 71.2 cm³/mol. The molecule has 0 fully saturated rings. The molecule has 1 N–H and O–H groups in total. The van der Waals surface area contributed by atoms with Crippen molar-refractivity contribution in [1.82, 2.24) is 15.0 Å². The maximum absolute atomic E-state index is 13.5. The summed E-state index contributed by atoms with van der Waals surface area (Å²) >= 11 is 0. The third kappa shape index (κ3) is 3.63. The Labute approximate surface area is 116 Å². The van der Waals surface area contributed by atoms with Crippen LogP contribution >= 0.6 is 0 Å². The molecule has 0 saturated carbocycles. The van der Waals surface area contributed by atoms with Gasteiger partial charge < -0.3 is 5.11 Å². The summed E-state index contributed by atoms with van der Waals surface area (Å²) in [5, 5.41) is 16.5. The summed E-state index contributed by atoms with van der Waals surface area (Å²) in [6.07, 6.45) is 3.93. The molecule has 106 valence electrons. The first kappa shape index (κ1) is 14.2. The molecule has 0 spiro atoms. The van der Waals surface area contributed by atoms with Crippen LogP contribution in [-0.4, -0.2) is 26.1 Å². The average molecular weight is 277 g/mol. The first-order valence-corrected chi connectivity index (χ1v) is 6.46. The van der Waals surface area contributed by atoms with E-state index in [4.69, 9.17) is 5.11 Å². The maximum Gasteiger partial charge on any atom is 0.303 e. The van der Waals surface area contributed by atoms with Crippen LogP contribution < -0.4 is 0 Å². The number of rotatable bonds is 6. The standard InChI is InChI=1S/C14H16FN3O2/c1-10-6-7-12(8-13(10)15)18-9-11(16-17-18)4-2-3-5-14(19)20/h6-9H,2-5H2,1H3,(H,19,20). The normalized spacial score (nSPS) is 10.7. The second kappa shape index (κ2) is 6.27. The van der Waals surface area contributed by atoms with Crippen LogP contribution in [0.1, 0.15) is 30.5 Å². The lowest BCUT2D eigenvalue weighted by Gasteiger charge is -2.01. The summed E-state index contributed by atoms with van der Waals surface area (Å²) in [5.74, 6) is -1.07. The molecule has 0 unspecified atom stereocenters. The molecule has 1 aromatic carbocycles. The largest absolute Gasteiger partial charge is 0.481 e. The van der Waals surface area contributed by atoms with Gasteiger partial charge in [0.1, 0.15) is 5.82 Å². The molecule has 0 amide bonds. The highest BCUT2D eigenvalue weighted by Gasteiger charge is 2.06. The van der Waals surface area contributed by atoms with Crippen LogP contribution in [0, 0.1) is 12.7 Å². The molecule has 0 saturated heterocycles. The van der Waals surface area contributed by atoms with Gasteiger partial charge in [0.05, 0.1) is 17.6 Å². The van der Waals surface area contributed by atoms with E-state index in [2.05, 4.69) is 10.3 Å². The highest BCUT2D eigenvalue weighted by Crippen LogP contribution is 2.13. The van der Waals surface area contributed by atoms with Crippen LogP contribution in [0.2, 0.25) is 0 Å². The smallest absolute Gasteiger partial charge is 0.303 e. The molecule has 0 aliphatic carbocycles. The minimum Gasteiger partial charge on any atom is -0.481 e. The number of hydrogen-bond acceptors (Lipinski definition) is 3. The molecule has 20 heavy (non-hydrogen) atoms. The van der Waals surface area contributed by atoms with Crippen molar-refractivity contribution in [3.05, 3.63) is 41.5 Å². The molecule has 2 rings (SSSR count). The van der Waals surface area contributed by atoms with Crippen molar-refractivity contribution >= 4 is 5.97 Å². The Bertz CT molecular complexity index is 610. The zero-order chi connectivity index (χ0) is 14.5. The van der Waals surface area contributed by atoms with Gasteiger partial charge >= 0.3 is 5.97 Å². The molecule has 0 aliphatic rings. The monoisotopic (exact) mass is 277 g/mol. The second-order valence-electron chi connectivity index (χ2n) is 4.69. The van der Waals surface area contributed by atoms with Crippen molar-refractivity contribution in [2.24, 2.45) is 0 Å². The first-order chi connectivity index (χ1) is 9.56. The molecule has 1 aromatic heterocycles. The Morgan fingerprint density at radius 2 is 2.20 bits per heavy atom. The SMILES string of the molecule is Cc1ccc(-n2cc(CCCCC(=O)O)nn2)cc1F. The maximum atomic E-state index is 13.5. The summed E-state index contributed by atoms with van der Waals surface area (Å²) in [6.45, 7) is 1.70. The van der Waals surface area contributed by atoms with E-state index in [9.17, 15) is 9.18 Å². The molecule has 0 aliphatic heterocycles. The Kier molecular flexibility index (Phi) is 4.45. The zero-order valence-electron chi connectivity index (χ0n) is 11.2. The van der Waals surface area contributed by atoms with Gasteiger partial charge in [-0.1, -0.05) is 11.3 Å². The highest BCUT2D eigenvalue weighted by atomic mass is 19.1. The number of nitrogens with zero attached hydrogens (tertiary/aromatic N) is 3. The predicted octanol–water partition coefficient (Wildman–Crippen LogP) is 2.51. The Balaban J connectivity index is 1.97. The van der Waals surface area contributed by atoms with Crippen molar-refractivity contribution < 1.29 is 14.3 Å². The molecule has 0 radical (unpaired) electrons. The fraction of sp³-hybridized carbons (Fsp3) is 0.357. The van der Waals surface area contributed by atoms with Crippen molar-refractivity contribution in [2.75, 3.05) is 0 Å². The lowest BCUT2D eigenvalue weighted by atomic mass is 10.1. The van der Waals surface area contributed by atoms with Gasteiger partial charge in [-0.15, -0.1) is 5.10 Å². The molecular formula is C14H16FN3O2. The van der Waals surface area contributed by atoms with E-state index in [1.54, 1.807) is 25.3 Å². The third-order valence-electron chi connectivity index (χ3n) is 3.03. The number of unbranched alkanes of at least 4 members (excludes halogenated alkanes) is 1.